The molecule has 3 heteroatoms. The van der Waals surface area contributed by atoms with Crippen molar-refractivity contribution in [3.63, 3.8) is 0 Å². The second kappa shape index (κ2) is 4.24. The number of oxime groups is 1. The maximum atomic E-state index is 5.49. The van der Waals surface area contributed by atoms with E-state index in [9.17, 15) is 0 Å². The highest BCUT2D eigenvalue weighted by Gasteiger charge is 2.16. The fourth-order valence-electron chi connectivity index (χ4n) is 1.52. The van der Waals surface area contributed by atoms with Crippen LogP contribution >= 0.6 is 0 Å². The van der Waals surface area contributed by atoms with E-state index in [4.69, 9.17) is 10.6 Å². The van der Waals surface area contributed by atoms with Gasteiger partial charge in [0.25, 0.3) is 0 Å². The Balaban J connectivity index is 2.11. The van der Waals surface area contributed by atoms with Crippen LogP contribution in [0.4, 0.5) is 0 Å². The van der Waals surface area contributed by atoms with Gasteiger partial charge in [-0.3, -0.25) is 0 Å². The molecule has 1 atom stereocenters. The fourth-order valence-corrected chi connectivity index (χ4v) is 1.52. The fraction of sp³-hybridized carbons (Fsp3) is 0.364. The summed E-state index contributed by atoms with van der Waals surface area (Å²) in [6.07, 6.45) is 2.01. The molecular formula is C11H14N2O. The molecule has 0 aromatic heterocycles. The summed E-state index contributed by atoms with van der Waals surface area (Å²) in [6, 6.07) is 10.1. The predicted molar refractivity (Wildman–Crippen MR) is 56.1 cm³/mol. The summed E-state index contributed by atoms with van der Waals surface area (Å²) < 4.78 is 0. The molecule has 0 radical (unpaired) electrons. The van der Waals surface area contributed by atoms with E-state index in [0.717, 1.165) is 24.1 Å². The second-order valence-corrected chi connectivity index (χ2v) is 3.41. The molecule has 0 aliphatic carbocycles. The van der Waals surface area contributed by atoms with Crippen molar-refractivity contribution >= 4 is 5.71 Å². The molecule has 1 aliphatic rings. The molecule has 1 aromatic carbocycles. The van der Waals surface area contributed by atoms with E-state index >= 15 is 0 Å². The molecule has 0 saturated carbocycles. The maximum Gasteiger partial charge on any atom is 0.140 e. The van der Waals surface area contributed by atoms with Gasteiger partial charge in [-0.2, -0.15) is 0 Å². The van der Waals surface area contributed by atoms with E-state index in [0.29, 0.717) is 6.54 Å². The van der Waals surface area contributed by atoms with Crippen molar-refractivity contribution in [2.24, 2.45) is 10.9 Å². The lowest BCUT2D eigenvalue weighted by Gasteiger charge is -2.19. The zero-order valence-corrected chi connectivity index (χ0v) is 8.02. The van der Waals surface area contributed by atoms with Gasteiger partial charge in [0.15, 0.2) is 0 Å². The first kappa shape index (κ1) is 9.21. The molecule has 0 fully saturated rings. The first-order chi connectivity index (χ1) is 6.90. The highest BCUT2D eigenvalue weighted by Crippen LogP contribution is 2.15. The standard InChI is InChI=1S/C11H14N2O/c12-8-10-6-7-11(13-14-10)9-4-2-1-3-5-9/h1-5,10H,6-8,12H2. The van der Waals surface area contributed by atoms with E-state index in [1.165, 1.54) is 0 Å². The molecule has 3 nitrogen and oxygen atoms in total. The average molecular weight is 190 g/mol. The number of benzene rings is 1. The number of nitrogens with two attached hydrogens (primary N) is 1. The lowest BCUT2D eigenvalue weighted by atomic mass is 10.0. The van der Waals surface area contributed by atoms with Gasteiger partial charge in [0.1, 0.15) is 6.10 Å². The summed E-state index contributed by atoms with van der Waals surface area (Å²) in [5.41, 5.74) is 7.66. The molecule has 0 bridgehead atoms. The van der Waals surface area contributed by atoms with Crippen molar-refractivity contribution in [1.29, 1.82) is 0 Å². The van der Waals surface area contributed by atoms with E-state index < -0.39 is 0 Å². The first-order valence-electron chi connectivity index (χ1n) is 4.88. The van der Waals surface area contributed by atoms with Gasteiger partial charge in [-0.05, 0) is 18.4 Å². The number of nitrogens with zero attached hydrogens (tertiary/aromatic N) is 1. The molecule has 0 saturated heterocycles. The molecule has 2 N–H and O–H groups in total. The zero-order valence-electron chi connectivity index (χ0n) is 8.02. The summed E-state index contributed by atoms with van der Waals surface area (Å²) in [6.45, 7) is 0.547. The van der Waals surface area contributed by atoms with Crippen LogP contribution in [0.25, 0.3) is 0 Å². The quantitative estimate of drug-likeness (QED) is 0.768. The Bertz CT molecular complexity index is 321. The Kier molecular flexibility index (Phi) is 2.79. The van der Waals surface area contributed by atoms with Gasteiger partial charge in [-0.25, -0.2) is 0 Å². The molecule has 0 spiro atoms. The van der Waals surface area contributed by atoms with Crippen LogP contribution in [0, 0.1) is 0 Å². The van der Waals surface area contributed by atoms with E-state index in [1.54, 1.807) is 0 Å². The lowest BCUT2D eigenvalue weighted by Crippen LogP contribution is -2.26. The van der Waals surface area contributed by atoms with Crippen molar-refractivity contribution in [2.45, 2.75) is 18.9 Å². The van der Waals surface area contributed by atoms with Gasteiger partial charge in [-0.15, -0.1) is 0 Å². The SMILES string of the molecule is NCC1CCC(c2ccccc2)=NO1. The molecule has 2 rings (SSSR count). The molecule has 74 valence electrons. The van der Waals surface area contributed by atoms with Crippen molar-refractivity contribution in [3.05, 3.63) is 35.9 Å². The van der Waals surface area contributed by atoms with Gasteiger partial charge in [0, 0.05) is 6.54 Å². The van der Waals surface area contributed by atoms with E-state index in [2.05, 4.69) is 5.16 Å². The summed E-state index contributed by atoms with van der Waals surface area (Å²) >= 11 is 0. The van der Waals surface area contributed by atoms with Gasteiger partial charge in [-0.1, -0.05) is 35.5 Å². The summed E-state index contributed by atoms with van der Waals surface area (Å²) in [4.78, 5) is 5.26. The van der Waals surface area contributed by atoms with Crippen LogP contribution in [-0.4, -0.2) is 18.4 Å². The number of rotatable bonds is 2. The molecule has 1 aromatic rings. The third kappa shape index (κ3) is 1.93. The van der Waals surface area contributed by atoms with Crippen LogP contribution in [0.15, 0.2) is 35.5 Å². The highest BCUT2D eigenvalue weighted by atomic mass is 16.6. The highest BCUT2D eigenvalue weighted by molar-refractivity contribution is 6.00. The van der Waals surface area contributed by atoms with Crippen molar-refractivity contribution in [2.75, 3.05) is 6.54 Å². The topological polar surface area (TPSA) is 47.6 Å². The second-order valence-electron chi connectivity index (χ2n) is 3.41. The molecule has 0 amide bonds. The number of hydrogen-bond donors (Lipinski definition) is 1. The van der Waals surface area contributed by atoms with E-state index in [1.807, 2.05) is 30.3 Å². The molecule has 1 unspecified atom stereocenters. The lowest BCUT2D eigenvalue weighted by molar-refractivity contribution is 0.0502. The molecule has 1 heterocycles. The average Bonchev–Trinajstić information content (AvgIpc) is 2.30. The monoisotopic (exact) mass is 190 g/mol. The van der Waals surface area contributed by atoms with Crippen molar-refractivity contribution in [3.8, 4) is 0 Å². The van der Waals surface area contributed by atoms with Crippen LogP contribution in [0.1, 0.15) is 18.4 Å². The minimum Gasteiger partial charge on any atom is -0.391 e. The normalized spacial score (nSPS) is 21.2. The minimum atomic E-state index is 0.0995. The van der Waals surface area contributed by atoms with Gasteiger partial charge in [0.05, 0.1) is 5.71 Å². The van der Waals surface area contributed by atoms with Gasteiger partial charge >= 0.3 is 0 Å². The Morgan fingerprint density at radius 3 is 2.71 bits per heavy atom. The first-order valence-corrected chi connectivity index (χ1v) is 4.88. The third-order valence-electron chi connectivity index (χ3n) is 2.38. The zero-order chi connectivity index (χ0) is 9.80. The largest absolute Gasteiger partial charge is 0.391 e. The summed E-state index contributed by atoms with van der Waals surface area (Å²) in [5, 5.41) is 4.09. The summed E-state index contributed by atoms with van der Waals surface area (Å²) in [5.74, 6) is 0. The van der Waals surface area contributed by atoms with Crippen molar-refractivity contribution < 1.29 is 4.84 Å². The van der Waals surface area contributed by atoms with Gasteiger partial charge in [0.2, 0.25) is 0 Å². The predicted octanol–water partition coefficient (Wildman–Crippen LogP) is 1.53. The van der Waals surface area contributed by atoms with Crippen LogP contribution < -0.4 is 5.73 Å². The van der Waals surface area contributed by atoms with Gasteiger partial charge < -0.3 is 10.6 Å². The smallest absolute Gasteiger partial charge is 0.140 e. The Morgan fingerprint density at radius 1 is 1.36 bits per heavy atom. The minimum absolute atomic E-state index is 0.0995. The molecule has 1 aliphatic heterocycles. The molecule has 14 heavy (non-hydrogen) atoms. The maximum absolute atomic E-state index is 5.49. The number of hydrogen-bond acceptors (Lipinski definition) is 3. The van der Waals surface area contributed by atoms with Crippen LogP contribution in [0.3, 0.4) is 0 Å². The van der Waals surface area contributed by atoms with Crippen LogP contribution in [0.2, 0.25) is 0 Å². The Morgan fingerprint density at radius 2 is 2.14 bits per heavy atom. The van der Waals surface area contributed by atoms with E-state index in [-0.39, 0.29) is 6.10 Å². The summed E-state index contributed by atoms with van der Waals surface area (Å²) in [7, 11) is 0. The Hall–Kier alpha value is -1.35. The van der Waals surface area contributed by atoms with Crippen LogP contribution in [-0.2, 0) is 4.84 Å². The third-order valence-corrected chi connectivity index (χ3v) is 2.38. The molecular weight excluding hydrogens is 176 g/mol. The van der Waals surface area contributed by atoms with Crippen LogP contribution in [0.5, 0.6) is 0 Å². The Labute approximate surface area is 83.6 Å². The van der Waals surface area contributed by atoms with Crippen molar-refractivity contribution in [1.82, 2.24) is 0 Å².